The highest BCUT2D eigenvalue weighted by molar-refractivity contribution is 6.05. The first-order chi connectivity index (χ1) is 11.7. The second-order valence-corrected chi connectivity index (χ2v) is 5.80. The number of ether oxygens (including phenoxy) is 2. The predicted molar refractivity (Wildman–Crippen MR) is 98.3 cm³/mol. The van der Waals surface area contributed by atoms with Crippen molar-refractivity contribution in [2.24, 2.45) is 5.10 Å². The van der Waals surface area contributed by atoms with E-state index in [0.29, 0.717) is 6.42 Å². The lowest BCUT2D eigenvalue weighted by molar-refractivity contribution is -0.107. The molecule has 0 bridgehead atoms. The number of benzene rings is 2. The smallest absolute Gasteiger partial charge is 0.157 e. The number of hydrogen-bond donors (Lipinski definition) is 0. The molecule has 0 N–H and O–H groups in total. The van der Waals surface area contributed by atoms with Gasteiger partial charge >= 0.3 is 0 Å². The Morgan fingerprint density at radius 1 is 0.917 bits per heavy atom. The monoisotopic (exact) mass is 326 g/mol. The molecule has 0 radical (unpaired) electrons. The van der Waals surface area contributed by atoms with Gasteiger partial charge in [-0.25, -0.2) is 0 Å². The van der Waals surface area contributed by atoms with Gasteiger partial charge in [-0.1, -0.05) is 60.7 Å². The van der Waals surface area contributed by atoms with Crippen LogP contribution >= 0.6 is 0 Å². The van der Waals surface area contributed by atoms with Crippen molar-refractivity contribution in [1.29, 1.82) is 0 Å². The standard InChI is InChI=1S/C20H26N2O2/c1-22(2)21-20(17-13-9-6-10-14-17)18(15-19(23-3)24-4)16-11-7-5-8-12-16/h5-14,18-19H,15H2,1-4H3. The van der Waals surface area contributed by atoms with Gasteiger partial charge in [0.15, 0.2) is 6.29 Å². The van der Waals surface area contributed by atoms with Crippen LogP contribution in [-0.4, -0.2) is 45.3 Å². The molecule has 1 atom stereocenters. The average molecular weight is 326 g/mol. The van der Waals surface area contributed by atoms with Crippen molar-refractivity contribution in [3.05, 3.63) is 71.8 Å². The number of hydrazone groups is 1. The van der Waals surface area contributed by atoms with Gasteiger partial charge in [0.2, 0.25) is 0 Å². The van der Waals surface area contributed by atoms with Crippen molar-refractivity contribution in [1.82, 2.24) is 5.01 Å². The fraction of sp³-hybridized carbons (Fsp3) is 0.350. The van der Waals surface area contributed by atoms with Crippen molar-refractivity contribution >= 4 is 5.71 Å². The molecule has 0 aliphatic heterocycles. The summed E-state index contributed by atoms with van der Waals surface area (Å²) in [7, 11) is 7.22. The van der Waals surface area contributed by atoms with Crippen molar-refractivity contribution in [2.75, 3.05) is 28.3 Å². The molecule has 0 spiro atoms. The van der Waals surface area contributed by atoms with Crippen LogP contribution in [-0.2, 0) is 9.47 Å². The normalized spacial score (nSPS) is 13.1. The molecule has 0 saturated heterocycles. The summed E-state index contributed by atoms with van der Waals surface area (Å²) < 4.78 is 10.9. The van der Waals surface area contributed by atoms with Crippen LogP contribution in [0.3, 0.4) is 0 Å². The Hall–Kier alpha value is -2.17. The van der Waals surface area contributed by atoms with E-state index in [1.165, 1.54) is 5.56 Å². The molecule has 0 heterocycles. The number of rotatable bonds is 8. The number of methoxy groups -OCH3 is 2. The Kier molecular flexibility index (Phi) is 6.97. The first-order valence-electron chi connectivity index (χ1n) is 8.07. The quantitative estimate of drug-likeness (QED) is 0.421. The summed E-state index contributed by atoms with van der Waals surface area (Å²) >= 11 is 0. The van der Waals surface area contributed by atoms with E-state index in [1.807, 2.05) is 43.4 Å². The van der Waals surface area contributed by atoms with Crippen molar-refractivity contribution < 1.29 is 9.47 Å². The van der Waals surface area contributed by atoms with Crippen LogP contribution in [0.5, 0.6) is 0 Å². The molecule has 0 amide bonds. The summed E-state index contributed by atoms with van der Waals surface area (Å²) in [6.45, 7) is 0. The van der Waals surface area contributed by atoms with Gasteiger partial charge in [0.05, 0.1) is 5.71 Å². The van der Waals surface area contributed by atoms with E-state index in [9.17, 15) is 0 Å². The Morgan fingerprint density at radius 3 is 1.96 bits per heavy atom. The first kappa shape index (κ1) is 18.2. The lowest BCUT2D eigenvalue weighted by atomic mass is 9.87. The van der Waals surface area contributed by atoms with Gasteiger partial charge in [-0.2, -0.15) is 5.10 Å². The molecule has 1 unspecified atom stereocenters. The molecule has 2 aromatic rings. The molecule has 0 aliphatic carbocycles. The molecular formula is C20H26N2O2. The van der Waals surface area contributed by atoms with Gasteiger partial charge in [-0.15, -0.1) is 0 Å². The Morgan fingerprint density at radius 2 is 1.46 bits per heavy atom. The zero-order chi connectivity index (χ0) is 17.4. The maximum Gasteiger partial charge on any atom is 0.157 e. The van der Waals surface area contributed by atoms with Gasteiger partial charge < -0.3 is 14.5 Å². The minimum absolute atomic E-state index is 0.0703. The molecule has 128 valence electrons. The molecule has 4 nitrogen and oxygen atoms in total. The van der Waals surface area contributed by atoms with Crippen LogP contribution < -0.4 is 0 Å². The third kappa shape index (κ3) is 4.91. The fourth-order valence-electron chi connectivity index (χ4n) is 2.73. The predicted octanol–water partition coefficient (Wildman–Crippen LogP) is 3.75. The molecule has 0 aliphatic rings. The highest BCUT2D eigenvalue weighted by atomic mass is 16.7. The molecule has 4 heteroatoms. The third-order valence-electron chi connectivity index (χ3n) is 3.86. The fourth-order valence-corrected chi connectivity index (χ4v) is 2.73. The highest BCUT2D eigenvalue weighted by Gasteiger charge is 2.24. The highest BCUT2D eigenvalue weighted by Crippen LogP contribution is 2.28. The lowest BCUT2D eigenvalue weighted by Crippen LogP contribution is -2.25. The van der Waals surface area contributed by atoms with E-state index in [-0.39, 0.29) is 12.2 Å². The third-order valence-corrected chi connectivity index (χ3v) is 3.86. The molecule has 2 rings (SSSR count). The van der Waals surface area contributed by atoms with Gasteiger partial charge in [-0.3, -0.25) is 0 Å². The Balaban J connectivity index is 2.48. The van der Waals surface area contributed by atoms with Gasteiger partial charge in [0.1, 0.15) is 0 Å². The Labute approximate surface area is 144 Å². The summed E-state index contributed by atoms with van der Waals surface area (Å²) in [6.07, 6.45) is 0.407. The molecular weight excluding hydrogens is 300 g/mol. The zero-order valence-electron chi connectivity index (χ0n) is 14.8. The second kappa shape index (κ2) is 9.21. The van der Waals surface area contributed by atoms with Crippen LogP contribution in [0.25, 0.3) is 0 Å². The lowest BCUT2D eigenvalue weighted by Gasteiger charge is -2.25. The molecule has 0 fully saturated rings. The first-order valence-corrected chi connectivity index (χ1v) is 8.07. The average Bonchev–Trinajstić information content (AvgIpc) is 2.62. The summed E-state index contributed by atoms with van der Waals surface area (Å²) in [5.74, 6) is 0.0703. The van der Waals surface area contributed by atoms with Crippen LogP contribution in [0.4, 0.5) is 0 Å². The van der Waals surface area contributed by atoms with E-state index in [4.69, 9.17) is 14.6 Å². The van der Waals surface area contributed by atoms with Crippen LogP contribution in [0.15, 0.2) is 65.8 Å². The van der Waals surface area contributed by atoms with Crippen LogP contribution in [0, 0.1) is 0 Å². The van der Waals surface area contributed by atoms with E-state index in [0.717, 1.165) is 11.3 Å². The van der Waals surface area contributed by atoms with E-state index < -0.39 is 0 Å². The molecule has 2 aromatic carbocycles. The van der Waals surface area contributed by atoms with Crippen molar-refractivity contribution in [3.8, 4) is 0 Å². The van der Waals surface area contributed by atoms with Crippen molar-refractivity contribution in [3.63, 3.8) is 0 Å². The van der Waals surface area contributed by atoms with Gasteiger partial charge in [-0.05, 0) is 11.1 Å². The maximum absolute atomic E-state index is 5.45. The van der Waals surface area contributed by atoms with Crippen LogP contribution in [0.1, 0.15) is 23.5 Å². The summed E-state index contributed by atoms with van der Waals surface area (Å²) in [4.78, 5) is 0. The summed E-state index contributed by atoms with van der Waals surface area (Å²) in [5.41, 5.74) is 3.30. The van der Waals surface area contributed by atoms with Gasteiger partial charge in [0, 0.05) is 40.7 Å². The molecule has 0 saturated carbocycles. The zero-order valence-corrected chi connectivity index (χ0v) is 14.8. The van der Waals surface area contributed by atoms with Crippen molar-refractivity contribution in [2.45, 2.75) is 18.6 Å². The Bertz CT molecular complexity index is 623. The van der Waals surface area contributed by atoms with Crippen LogP contribution in [0.2, 0.25) is 0 Å². The minimum atomic E-state index is -0.286. The van der Waals surface area contributed by atoms with E-state index in [1.54, 1.807) is 14.2 Å². The minimum Gasteiger partial charge on any atom is -0.356 e. The topological polar surface area (TPSA) is 34.1 Å². The summed E-state index contributed by atoms with van der Waals surface area (Å²) in [5, 5.41) is 6.62. The molecule has 0 aromatic heterocycles. The second-order valence-electron chi connectivity index (χ2n) is 5.80. The summed E-state index contributed by atoms with van der Waals surface area (Å²) in [6, 6.07) is 20.6. The largest absolute Gasteiger partial charge is 0.356 e. The SMILES string of the molecule is COC(CC(C(=NN(C)C)c1ccccc1)c1ccccc1)OC. The van der Waals surface area contributed by atoms with E-state index >= 15 is 0 Å². The van der Waals surface area contributed by atoms with E-state index in [2.05, 4.69) is 36.4 Å². The number of hydrogen-bond acceptors (Lipinski definition) is 4. The maximum atomic E-state index is 5.45. The molecule has 24 heavy (non-hydrogen) atoms. The van der Waals surface area contributed by atoms with Gasteiger partial charge in [0.25, 0.3) is 0 Å². The number of nitrogens with zero attached hydrogens (tertiary/aromatic N) is 2.